The summed E-state index contributed by atoms with van der Waals surface area (Å²) in [5.74, 6) is -1.07. The number of anilines is 1. The Morgan fingerprint density at radius 1 is 0.939 bits per heavy atom. The minimum absolute atomic E-state index is 0.0415. The average Bonchev–Trinajstić information content (AvgIpc) is 2.84. The van der Waals surface area contributed by atoms with Crippen molar-refractivity contribution in [2.75, 3.05) is 44.7 Å². The molecule has 1 heterocycles. The van der Waals surface area contributed by atoms with E-state index in [-0.39, 0.29) is 30.9 Å². The van der Waals surface area contributed by atoms with E-state index in [2.05, 4.69) is 33.9 Å². The Labute approximate surface area is 195 Å². The van der Waals surface area contributed by atoms with Gasteiger partial charge in [-0.3, -0.25) is 14.4 Å². The molecular formula is C26H33N3O4. The van der Waals surface area contributed by atoms with Gasteiger partial charge in [0.25, 0.3) is 0 Å². The van der Waals surface area contributed by atoms with Crippen LogP contribution in [0.5, 0.6) is 0 Å². The SMILES string of the molecule is COC(=O)CN(CC(=O)N(c1ccccc1)C1CCN(CCc2ccccc2)CC1)C(C)=O. The molecule has 1 aliphatic rings. The van der Waals surface area contributed by atoms with E-state index in [1.54, 1.807) is 0 Å². The Balaban J connectivity index is 1.65. The number of esters is 1. The number of nitrogens with zero attached hydrogens (tertiary/aromatic N) is 3. The number of piperidine rings is 1. The van der Waals surface area contributed by atoms with Crippen molar-refractivity contribution in [3.8, 4) is 0 Å². The van der Waals surface area contributed by atoms with Gasteiger partial charge in [0.05, 0.1) is 7.11 Å². The summed E-state index contributed by atoms with van der Waals surface area (Å²) in [5.41, 5.74) is 2.14. The third-order valence-electron chi connectivity index (χ3n) is 6.10. The summed E-state index contributed by atoms with van der Waals surface area (Å²) in [5, 5.41) is 0. The second kappa shape index (κ2) is 12.2. The van der Waals surface area contributed by atoms with Gasteiger partial charge >= 0.3 is 5.97 Å². The van der Waals surface area contributed by atoms with E-state index >= 15 is 0 Å². The quantitative estimate of drug-likeness (QED) is 0.549. The number of hydrogen-bond donors (Lipinski definition) is 0. The van der Waals surface area contributed by atoms with E-state index in [0.717, 1.165) is 44.6 Å². The standard InChI is InChI=1S/C26H33N3O4/c1-21(30)28(20-26(32)33-2)19-25(31)29(23-11-7-4-8-12-23)24-14-17-27(18-15-24)16-13-22-9-5-3-6-10-22/h3-12,24H,13-20H2,1-2H3. The molecule has 7 nitrogen and oxygen atoms in total. The van der Waals surface area contributed by atoms with E-state index in [0.29, 0.717) is 0 Å². The molecule has 2 aromatic rings. The number of rotatable bonds is 9. The van der Waals surface area contributed by atoms with Gasteiger partial charge in [0.1, 0.15) is 13.1 Å². The van der Waals surface area contributed by atoms with Crippen molar-refractivity contribution >= 4 is 23.5 Å². The lowest BCUT2D eigenvalue weighted by Crippen LogP contribution is -2.51. The van der Waals surface area contributed by atoms with Gasteiger partial charge in [-0.2, -0.15) is 0 Å². The molecule has 0 spiro atoms. The summed E-state index contributed by atoms with van der Waals surface area (Å²) in [6, 6.07) is 20.1. The van der Waals surface area contributed by atoms with Crippen molar-refractivity contribution in [1.29, 1.82) is 0 Å². The van der Waals surface area contributed by atoms with Crippen LogP contribution >= 0.6 is 0 Å². The van der Waals surface area contributed by atoms with Gasteiger partial charge in [-0.25, -0.2) is 0 Å². The predicted octanol–water partition coefficient (Wildman–Crippen LogP) is 2.75. The molecule has 0 unspecified atom stereocenters. The number of methoxy groups -OCH3 is 1. The molecule has 0 atom stereocenters. The Morgan fingerprint density at radius 3 is 2.12 bits per heavy atom. The molecule has 33 heavy (non-hydrogen) atoms. The topological polar surface area (TPSA) is 70.2 Å². The van der Waals surface area contributed by atoms with Crippen LogP contribution in [0.15, 0.2) is 60.7 Å². The summed E-state index contributed by atoms with van der Waals surface area (Å²) in [4.78, 5) is 42.6. The monoisotopic (exact) mass is 451 g/mol. The lowest BCUT2D eigenvalue weighted by molar-refractivity contribution is -0.147. The van der Waals surface area contributed by atoms with Crippen LogP contribution < -0.4 is 4.90 Å². The Bertz CT molecular complexity index is 912. The fourth-order valence-electron chi connectivity index (χ4n) is 4.22. The van der Waals surface area contributed by atoms with E-state index in [9.17, 15) is 14.4 Å². The number of hydrogen-bond acceptors (Lipinski definition) is 5. The molecule has 3 rings (SSSR count). The molecule has 0 radical (unpaired) electrons. The Morgan fingerprint density at radius 2 is 1.55 bits per heavy atom. The van der Waals surface area contributed by atoms with Crippen LogP contribution in [-0.2, 0) is 25.5 Å². The van der Waals surface area contributed by atoms with E-state index in [4.69, 9.17) is 0 Å². The smallest absolute Gasteiger partial charge is 0.325 e. The average molecular weight is 452 g/mol. The second-order valence-electron chi connectivity index (χ2n) is 8.36. The van der Waals surface area contributed by atoms with Gasteiger partial charge in [-0.1, -0.05) is 48.5 Å². The number of benzene rings is 2. The van der Waals surface area contributed by atoms with Crippen LogP contribution in [0.25, 0.3) is 0 Å². The maximum Gasteiger partial charge on any atom is 0.325 e. The summed E-state index contributed by atoms with van der Waals surface area (Å²) in [7, 11) is 1.27. The zero-order chi connectivity index (χ0) is 23.6. The van der Waals surface area contributed by atoms with Crippen molar-refractivity contribution in [1.82, 2.24) is 9.80 Å². The third-order valence-corrected chi connectivity index (χ3v) is 6.10. The molecule has 1 aliphatic heterocycles. The molecular weight excluding hydrogens is 418 g/mol. The molecule has 0 aliphatic carbocycles. The zero-order valence-corrected chi connectivity index (χ0v) is 19.5. The van der Waals surface area contributed by atoms with Crippen LogP contribution in [0.3, 0.4) is 0 Å². The van der Waals surface area contributed by atoms with Gasteiger partial charge in [0.2, 0.25) is 11.8 Å². The number of ether oxygens (including phenoxy) is 1. The van der Waals surface area contributed by atoms with Crippen molar-refractivity contribution in [2.24, 2.45) is 0 Å². The first kappa shape index (κ1) is 24.5. The number of amides is 2. The molecule has 0 bridgehead atoms. The fourth-order valence-corrected chi connectivity index (χ4v) is 4.22. The van der Waals surface area contributed by atoms with Gasteiger partial charge in [-0.05, 0) is 37.0 Å². The zero-order valence-electron chi connectivity index (χ0n) is 19.5. The molecule has 7 heteroatoms. The maximum absolute atomic E-state index is 13.4. The van der Waals surface area contributed by atoms with Crippen molar-refractivity contribution in [2.45, 2.75) is 32.2 Å². The van der Waals surface area contributed by atoms with Crippen LogP contribution in [0.4, 0.5) is 5.69 Å². The van der Waals surface area contributed by atoms with Crippen LogP contribution in [0.1, 0.15) is 25.3 Å². The van der Waals surface area contributed by atoms with Gasteiger partial charge in [-0.15, -0.1) is 0 Å². The highest BCUT2D eigenvalue weighted by Crippen LogP contribution is 2.24. The molecule has 0 saturated carbocycles. The van der Waals surface area contributed by atoms with Crippen molar-refractivity contribution < 1.29 is 19.1 Å². The highest BCUT2D eigenvalue weighted by atomic mass is 16.5. The first-order chi connectivity index (χ1) is 16.0. The molecule has 176 valence electrons. The third kappa shape index (κ3) is 7.15. The van der Waals surface area contributed by atoms with E-state index in [1.807, 2.05) is 41.3 Å². The molecule has 1 fully saturated rings. The van der Waals surface area contributed by atoms with Gasteiger partial charge in [0, 0.05) is 38.3 Å². The molecule has 2 amide bonds. The fraction of sp³-hybridized carbons (Fsp3) is 0.423. The largest absolute Gasteiger partial charge is 0.468 e. The number of para-hydroxylation sites is 1. The molecule has 0 aromatic heterocycles. The number of carbonyl (C=O) groups excluding carboxylic acids is 3. The second-order valence-corrected chi connectivity index (χ2v) is 8.36. The first-order valence-electron chi connectivity index (χ1n) is 11.4. The number of carbonyl (C=O) groups is 3. The lowest BCUT2D eigenvalue weighted by Gasteiger charge is -2.39. The summed E-state index contributed by atoms with van der Waals surface area (Å²) < 4.78 is 4.68. The summed E-state index contributed by atoms with van der Waals surface area (Å²) in [6.45, 7) is 3.77. The van der Waals surface area contributed by atoms with Crippen LogP contribution in [-0.4, -0.2) is 73.5 Å². The Kier molecular flexibility index (Phi) is 9.01. The molecule has 1 saturated heterocycles. The van der Waals surface area contributed by atoms with Crippen molar-refractivity contribution in [3.05, 3.63) is 66.2 Å². The highest BCUT2D eigenvalue weighted by Gasteiger charge is 2.30. The first-order valence-corrected chi connectivity index (χ1v) is 11.4. The van der Waals surface area contributed by atoms with Gasteiger partial charge < -0.3 is 19.4 Å². The lowest BCUT2D eigenvalue weighted by atomic mass is 10.0. The van der Waals surface area contributed by atoms with Crippen LogP contribution in [0.2, 0.25) is 0 Å². The van der Waals surface area contributed by atoms with Gasteiger partial charge in [0.15, 0.2) is 0 Å². The van der Waals surface area contributed by atoms with E-state index in [1.165, 1.54) is 24.5 Å². The van der Waals surface area contributed by atoms with Crippen molar-refractivity contribution in [3.63, 3.8) is 0 Å². The highest BCUT2D eigenvalue weighted by molar-refractivity contribution is 5.97. The minimum Gasteiger partial charge on any atom is -0.468 e. The summed E-state index contributed by atoms with van der Waals surface area (Å²) in [6.07, 6.45) is 2.72. The van der Waals surface area contributed by atoms with Crippen LogP contribution in [0, 0.1) is 0 Å². The van der Waals surface area contributed by atoms with E-state index < -0.39 is 5.97 Å². The normalized spacial score (nSPS) is 14.5. The Hall–Kier alpha value is -3.19. The number of likely N-dealkylation sites (tertiary alicyclic amines) is 1. The maximum atomic E-state index is 13.4. The minimum atomic E-state index is -0.545. The molecule has 0 N–H and O–H groups in total. The predicted molar refractivity (Wildman–Crippen MR) is 128 cm³/mol. The summed E-state index contributed by atoms with van der Waals surface area (Å²) >= 11 is 0. The molecule has 2 aromatic carbocycles.